The van der Waals surface area contributed by atoms with Gasteiger partial charge in [-0.15, -0.1) is 0 Å². The molecular formula is C24H21BrO3. The first kappa shape index (κ1) is 18.8. The van der Waals surface area contributed by atoms with Crippen LogP contribution < -0.4 is 4.74 Å². The predicted molar refractivity (Wildman–Crippen MR) is 115 cm³/mol. The van der Waals surface area contributed by atoms with E-state index in [4.69, 9.17) is 9.47 Å². The molecule has 3 aromatic carbocycles. The third kappa shape index (κ3) is 3.45. The van der Waals surface area contributed by atoms with Crippen molar-refractivity contribution >= 4 is 21.9 Å². The van der Waals surface area contributed by atoms with Gasteiger partial charge in [-0.25, -0.2) is 4.79 Å². The summed E-state index contributed by atoms with van der Waals surface area (Å²) >= 11 is 3.59. The van der Waals surface area contributed by atoms with Gasteiger partial charge in [0.2, 0.25) is 0 Å². The predicted octanol–water partition coefficient (Wildman–Crippen LogP) is 5.41. The third-order valence-corrected chi connectivity index (χ3v) is 5.56. The van der Waals surface area contributed by atoms with E-state index in [-0.39, 0.29) is 12.6 Å². The Hall–Kier alpha value is -2.59. The van der Waals surface area contributed by atoms with Crippen LogP contribution in [0.5, 0.6) is 5.75 Å². The van der Waals surface area contributed by atoms with E-state index in [1.165, 1.54) is 40.5 Å². The lowest BCUT2D eigenvalue weighted by molar-refractivity contribution is -0.142. The van der Waals surface area contributed by atoms with E-state index < -0.39 is 0 Å². The van der Waals surface area contributed by atoms with Crippen molar-refractivity contribution in [3.05, 3.63) is 77.4 Å². The zero-order valence-corrected chi connectivity index (χ0v) is 17.3. The largest absolute Gasteiger partial charge is 0.481 e. The monoisotopic (exact) mass is 436 g/mol. The molecular weight excluding hydrogens is 416 g/mol. The number of esters is 1. The first-order chi connectivity index (χ1) is 13.7. The van der Waals surface area contributed by atoms with Crippen LogP contribution in [0.1, 0.15) is 16.7 Å². The number of rotatable bonds is 6. The van der Waals surface area contributed by atoms with Crippen molar-refractivity contribution in [2.75, 3.05) is 19.0 Å². The van der Waals surface area contributed by atoms with Gasteiger partial charge in [-0.05, 0) is 52.3 Å². The van der Waals surface area contributed by atoms with Gasteiger partial charge in [0.1, 0.15) is 5.75 Å². The number of fused-ring (bicyclic) bond motifs is 3. The Morgan fingerprint density at radius 3 is 2.50 bits per heavy atom. The summed E-state index contributed by atoms with van der Waals surface area (Å²) in [6.45, 7) is -0.101. The molecule has 0 spiro atoms. The highest BCUT2D eigenvalue weighted by atomic mass is 79.9. The Bertz CT molecular complexity index is 1030. The number of para-hydroxylation sites is 1. The van der Waals surface area contributed by atoms with Gasteiger partial charge in [-0.2, -0.15) is 0 Å². The Balaban J connectivity index is 1.85. The quantitative estimate of drug-likeness (QED) is 0.299. The standard InChI is InChI=1S/C24H21BrO3/c1-27-23(26)15-28-22-9-5-4-8-20(22)24-16(12-13-25)10-11-19-18-7-3-2-6-17(18)14-21(19)24/h2-11H,12-15H2,1H3. The number of hydrogen-bond acceptors (Lipinski definition) is 3. The number of alkyl halides is 1. The number of methoxy groups -OCH3 is 1. The van der Waals surface area contributed by atoms with Gasteiger partial charge < -0.3 is 9.47 Å². The summed E-state index contributed by atoms with van der Waals surface area (Å²) < 4.78 is 10.6. The van der Waals surface area contributed by atoms with Crippen molar-refractivity contribution in [3.63, 3.8) is 0 Å². The normalized spacial score (nSPS) is 11.6. The molecule has 1 aliphatic carbocycles. The molecule has 4 heteroatoms. The van der Waals surface area contributed by atoms with Crippen molar-refractivity contribution in [2.45, 2.75) is 12.8 Å². The van der Waals surface area contributed by atoms with Crippen LogP contribution in [0.25, 0.3) is 22.3 Å². The number of benzene rings is 3. The molecule has 0 radical (unpaired) electrons. The maximum Gasteiger partial charge on any atom is 0.343 e. The van der Waals surface area contributed by atoms with E-state index in [1.54, 1.807) is 0 Å². The highest BCUT2D eigenvalue weighted by molar-refractivity contribution is 9.09. The molecule has 0 unspecified atom stereocenters. The fraction of sp³-hybridized carbons (Fsp3) is 0.208. The maximum absolute atomic E-state index is 11.6. The van der Waals surface area contributed by atoms with Gasteiger partial charge in [0, 0.05) is 10.9 Å². The van der Waals surface area contributed by atoms with Crippen LogP contribution in [0.2, 0.25) is 0 Å². The van der Waals surface area contributed by atoms with Crippen LogP contribution in [0.4, 0.5) is 0 Å². The van der Waals surface area contributed by atoms with Crippen LogP contribution in [0, 0.1) is 0 Å². The van der Waals surface area contributed by atoms with E-state index in [2.05, 4.69) is 58.4 Å². The Morgan fingerprint density at radius 1 is 0.964 bits per heavy atom. The molecule has 142 valence electrons. The third-order valence-electron chi connectivity index (χ3n) is 5.17. The number of aryl methyl sites for hydroxylation is 1. The number of carbonyl (C=O) groups is 1. The van der Waals surface area contributed by atoms with Gasteiger partial charge in [-0.3, -0.25) is 0 Å². The summed E-state index contributed by atoms with van der Waals surface area (Å²) in [6, 6.07) is 21.0. The molecule has 0 aromatic heterocycles. The lowest BCUT2D eigenvalue weighted by atomic mass is 9.89. The number of carbonyl (C=O) groups excluding carboxylic acids is 1. The fourth-order valence-electron chi connectivity index (χ4n) is 3.90. The summed E-state index contributed by atoms with van der Waals surface area (Å²) in [5.74, 6) is 0.314. The Morgan fingerprint density at radius 2 is 1.71 bits per heavy atom. The molecule has 0 heterocycles. The van der Waals surface area contributed by atoms with Crippen molar-refractivity contribution in [3.8, 4) is 28.0 Å². The Labute approximate surface area is 173 Å². The zero-order chi connectivity index (χ0) is 19.5. The minimum absolute atomic E-state index is 0.101. The summed E-state index contributed by atoms with van der Waals surface area (Å²) in [4.78, 5) is 11.6. The van der Waals surface area contributed by atoms with Crippen molar-refractivity contribution < 1.29 is 14.3 Å². The second-order valence-electron chi connectivity index (χ2n) is 6.76. The van der Waals surface area contributed by atoms with Crippen LogP contribution >= 0.6 is 15.9 Å². The Kier molecular flexibility index (Phi) is 5.49. The second kappa shape index (κ2) is 8.19. The molecule has 0 saturated carbocycles. The molecule has 0 aliphatic heterocycles. The minimum Gasteiger partial charge on any atom is -0.481 e. The van der Waals surface area contributed by atoms with Gasteiger partial charge in [0.05, 0.1) is 7.11 Å². The zero-order valence-electron chi connectivity index (χ0n) is 15.7. The SMILES string of the molecule is COC(=O)COc1ccccc1-c1c(CCBr)ccc2c1Cc1ccccc1-2. The average molecular weight is 437 g/mol. The van der Waals surface area contributed by atoms with Crippen LogP contribution in [0.3, 0.4) is 0 Å². The molecule has 28 heavy (non-hydrogen) atoms. The average Bonchev–Trinajstić information content (AvgIpc) is 3.11. The van der Waals surface area contributed by atoms with Crippen LogP contribution in [0.15, 0.2) is 60.7 Å². The summed E-state index contributed by atoms with van der Waals surface area (Å²) in [7, 11) is 1.37. The molecule has 0 saturated heterocycles. The van der Waals surface area contributed by atoms with E-state index in [1.807, 2.05) is 18.2 Å². The fourth-order valence-corrected chi connectivity index (χ4v) is 4.33. The van der Waals surface area contributed by atoms with Crippen molar-refractivity contribution in [1.29, 1.82) is 0 Å². The number of hydrogen-bond donors (Lipinski definition) is 0. The molecule has 4 rings (SSSR count). The van der Waals surface area contributed by atoms with Crippen molar-refractivity contribution in [2.24, 2.45) is 0 Å². The van der Waals surface area contributed by atoms with Gasteiger partial charge in [-0.1, -0.05) is 70.5 Å². The van der Waals surface area contributed by atoms with Gasteiger partial charge in [0.15, 0.2) is 6.61 Å². The van der Waals surface area contributed by atoms with Gasteiger partial charge in [0.25, 0.3) is 0 Å². The molecule has 3 nitrogen and oxygen atoms in total. The molecule has 3 aromatic rings. The molecule has 0 N–H and O–H groups in total. The number of ether oxygens (including phenoxy) is 2. The highest BCUT2D eigenvalue weighted by Crippen LogP contribution is 2.45. The van der Waals surface area contributed by atoms with E-state index >= 15 is 0 Å². The lowest BCUT2D eigenvalue weighted by Crippen LogP contribution is -2.13. The van der Waals surface area contributed by atoms with Crippen LogP contribution in [-0.4, -0.2) is 25.0 Å². The van der Waals surface area contributed by atoms with E-state index in [9.17, 15) is 4.79 Å². The number of halogens is 1. The summed E-state index contributed by atoms with van der Waals surface area (Å²) in [6.07, 6.45) is 1.83. The van der Waals surface area contributed by atoms with Crippen molar-refractivity contribution in [1.82, 2.24) is 0 Å². The molecule has 1 aliphatic rings. The molecule has 0 bridgehead atoms. The first-order valence-electron chi connectivity index (χ1n) is 9.31. The molecule has 0 amide bonds. The first-order valence-corrected chi connectivity index (χ1v) is 10.4. The topological polar surface area (TPSA) is 35.5 Å². The molecule has 0 fully saturated rings. The summed E-state index contributed by atoms with van der Waals surface area (Å²) in [5, 5.41) is 0.886. The smallest absolute Gasteiger partial charge is 0.343 e. The summed E-state index contributed by atoms with van der Waals surface area (Å²) in [5.41, 5.74) is 8.78. The highest BCUT2D eigenvalue weighted by Gasteiger charge is 2.25. The lowest BCUT2D eigenvalue weighted by Gasteiger charge is -2.18. The van der Waals surface area contributed by atoms with E-state index in [0.29, 0.717) is 5.75 Å². The van der Waals surface area contributed by atoms with Gasteiger partial charge >= 0.3 is 5.97 Å². The van der Waals surface area contributed by atoms with E-state index in [0.717, 1.165) is 23.7 Å². The van der Waals surface area contributed by atoms with Crippen LogP contribution in [-0.2, 0) is 22.4 Å². The second-order valence-corrected chi connectivity index (χ2v) is 7.55. The minimum atomic E-state index is -0.388. The maximum atomic E-state index is 11.6. The molecule has 0 atom stereocenters.